The van der Waals surface area contributed by atoms with Gasteiger partial charge in [-0.15, -0.1) is 0 Å². The lowest BCUT2D eigenvalue weighted by Gasteiger charge is -2.19. The Bertz CT molecular complexity index is 1400. The fourth-order valence-electron chi connectivity index (χ4n) is 4.28. The zero-order chi connectivity index (χ0) is 26.2. The number of rotatable bonds is 10. The molecule has 0 unspecified atom stereocenters. The molecular formula is C24H27F3N8O2. The van der Waals surface area contributed by atoms with E-state index in [4.69, 9.17) is 4.98 Å². The monoisotopic (exact) mass is 516 g/mol. The number of halogens is 3. The number of nitrogens with one attached hydrogen (secondary N) is 1. The lowest BCUT2D eigenvalue weighted by atomic mass is 10.1. The highest BCUT2D eigenvalue weighted by Gasteiger charge is 2.52. The van der Waals surface area contributed by atoms with E-state index in [1.807, 2.05) is 29.3 Å². The quantitative estimate of drug-likeness (QED) is 0.251. The summed E-state index contributed by atoms with van der Waals surface area (Å²) < 4.78 is 47.5. The van der Waals surface area contributed by atoms with Gasteiger partial charge in [0.1, 0.15) is 0 Å². The molecule has 0 spiro atoms. The van der Waals surface area contributed by atoms with E-state index >= 15 is 0 Å². The van der Waals surface area contributed by atoms with Crippen LogP contribution in [0.1, 0.15) is 45.6 Å². The lowest BCUT2D eigenvalue weighted by Crippen LogP contribution is -2.41. The van der Waals surface area contributed by atoms with E-state index in [1.54, 1.807) is 27.8 Å². The highest BCUT2D eigenvalue weighted by atomic mass is 19.4. The van der Waals surface area contributed by atoms with E-state index in [0.29, 0.717) is 31.1 Å². The van der Waals surface area contributed by atoms with Crippen molar-refractivity contribution >= 4 is 11.5 Å². The fraction of sp³-hybridized carbons (Fsp3) is 0.458. The van der Waals surface area contributed by atoms with E-state index in [2.05, 4.69) is 39.2 Å². The minimum Gasteiger partial charge on any atom is -0.437 e. The van der Waals surface area contributed by atoms with Crippen molar-refractivity contribution in [3.63, 3.8) is 0 Å². The maximum atomic E-state index is 12.5. The standard InChI is InChI=1S/C24H27F3N8O2/c1-3-18(4-2)34-14-17(12-31-34)21-20-5-8-29-35(20)15-19(32-21)16-11-30-33(13-16)10-9-28-23(6-7-23)37-22(36)24(25,26)27/h5,8,11-15,18,28H,3-4,6-7,9-10H2,1-2H3. The highest BCUT2D eigenvalue weighted by Crippen LogP contribution is 2.38. The van der Waals surface area contributed by atoms with Gasteiger partial charge in [-0.3, -0.25) is 14.7 Å². The molecular weight excluding hydrogens is 489 g/mol. The van der Waals surface area contributed by atoms with Crippen LogP contribution < -0.4 is 5.32 Å². The molecule has 5 rings (SSSR count). The molecule has 4 heterocycles. The van der Waals surface area contributed by atoms with Gasteiger partial charge in [0.05, 0.1) is 54.3 Å². The average molecular weight is 517 g/mol. The number of nitrogens with zero attached hydrogens (tertiary/aromatic N) is 7. The number of hydrogen-bond acceptors (Lipinski definition) is 7. The predicted octanol–water partition coefficient (Wildman–Crippen LogP) is 4.00. The molecule has 0 bridgehead atoms. The van der Waals surface area contributed by atoms with Gasteiger partial charge in [-0.25, -0.2) is 14.3 Å². The molecule has 0 saturated heterocycles. The Hall–Kier alpha value is -3.74. The zero-order valence-corrected chi connectivity index (χ0v) is 20.4. The third kappa shape index (κ3) is 5.22. The van der Waals surface area contributed by atoms with Gasteiger partial charge in [-0.1, -0.05) is 13.8 Å². The van der Waals surface area contributed by atoms with Crippen LogP contribution in [-0.2, 0) is 16.1 Å². The molecule has 1 aliphatic rings. The molecule has 0 atom stereocenters. The second-order valence-electron chi connectivity index (χ2n) is 9.12. The minimum absolute atomic E-state index is 0.276. The zero-order valence-electron chi connectivity index (χ0n) is 20.4. The molecule has 0 amide bonds. The van der Waals surface area contributed by atoms with Gasteiger partial charge >= 0.3 is 12.1 Å². The fourth-order valence-corrected chi connectivity index (χ4v) is 4.28. The summed E-state index contributed by atoms with van der Waals surface area (Å²) in [5.41, 5.74) is 2.67. The normalized spacial score (nSPS) is 15.0. The molecule has 0 aromatic carbocycles. The van der Waals surface area contributed by atoms with Crippen molar-refractivity contribution in [2.24, 2.45) is 0 Å². The number of aromatic nitrogens is 7. The summed E-state index contributed by atoms with van der Waals surface area (Å²) >= 11 is 0. The van der Waals surface area contributed by atoms with Crippen molar-refractivity contribution in [2.45, 2.75) is 64.0 Å². The topological polar surface area (TPSA) is 104 Å². The van der Waals surface area contributed by atoms with Crippen LogP contribution in [0.3, 0.4) is 0 Å². The lowest BCUT2D eigenvalue weighted by molar-refractivity contribution is -0.208. The molecule has 1 saturated carbocycles. The van der Waals surface area contributed by atoms with Crippen molar-refractivity contribution in [1.29, 1.82) is 0 Å². The van der Waals surface area contributed by atoms with E-state index in [9.17, 15) is 18.0 Å². The molecule has 4 aromatic heterocycles. The largest absolute Gasteiger partial charge is 0.490 e. The van der Waals surface area contributed by atoms with Gasteiger partial charge in [0.25, 0.3) is 0 Å². The van der Waals surface area contributed by atoms with E-state index < -0.39 is 17.9 Å². The number of hydrogen-bond donors (Lipinski definition) is 1. The van der Waals surface area contributed by atoms with Crippen LogP contribution in [-0.4, -0.2) is 58.6 Å². The first-order valence-electron chi connectivity index (χ1n) is 12.2. The number of carbonyl (C=O) groups is 1. The summed E-state index contributed by atoms with van der Waals surface area (Å²) in [6.07, 6.45) is 8.44. The van der Waals surface area contributed by atoms with Crippen LogP contribution in [0.4, 0.5) is 13.2 Å². The van der Waals surface area contributed by atoms with E-state index in [-0.39, 0.29) is 6.54 Å². The second kappa shape index (κ2) is 9.61. The smallest absolute Gasteiger partial charge is 0.437 e. The first-order chi connectivity index (χ1) is 17.7. The van der Waals surface area contributed by atoms with Crippen molar-refractivity contribution in [3.8, 4) is 22.5 Å². The number of carbonyl (C=O) groups excluding carboxylic acids is 1. The highest BCUT2D eigenvalue weighted by molar-refractivity contribution is 5.78. The predicted molar refractivity (Wildman–Crippen MR) is 127 cm³/mol. The van der Waals surface area contributed by atoms with Gasteiger partial charge < -0.3 is 4.74 Å². The maximum Gasteiger partial charge on any atom is 0.490 e. The van der Waals surface area contributed by atoms with Gasteiger partial charge in [0, 0.05) is 42.9 Å². The second-order valence-corrected chi connectivity index (χ2v) is 9.12. The Labute approximate surface area is 210 Å². The first kappa shape index (κ1) is 24.9. The number of alkyl halides is 3. The molecule has 10 nitrogen and oxygen atoms in total. The van der Waals surface area contributed by atoms with Crippen molar-refractivity contribution in [2.75, 3.05) is 6.54 Å². The summed E-state index contributed by atoms with van der Waals surface area (Å²) in [7, 11) is 0. The van der Waals surface area contributed by atoms with E-state index in [1.165, 1.54) is 0 Å². The number of ether oxygens (including phenoxy) is 1. The minimum atomic E-state index is -5.01. The van der Waals surface area contributed by atoms with Crippen LogP contribution in [0.5, 0.6) is 0 Å². The first-order valence-corrected chi connectivity index (χ1v) is 12.2. The van der Waals surface area contributed by atoms with Crippen molar-refractivity contribution in [3.05, 3.63) is 43.2 Å². The summed E-state index contributed by atoms with van der Waals surface area (Å²) in [5.74, 6) is -2.18. The molecule has 4 aromatic rings. The molecule has 1 N–H and O–H groups in total. The molecule has 1 aliphatic carbocycles. The Morgan fingerprint density at radius 3 is 2.57 bits per heavy atom. The Morgan fingerprint density at radius 2 is 1.86 bits per heavy atom. The maximum absolute atomic E-state index is 12.5. The third-order valence-electron chi connectivity index (χ3n) is 6.52. The van der Waals surface area contributed by atoms with Gasteiger partial charge in [-0.2, -0.15) is 28.5 Å². The van der Waals surface area contributed by atoms with Crippen LogP contribution >= 0.6 is 0 Å². The summed E-state index contributed by atoms with van der Waals surface area (Å²) in [5, 5.41) is 16.2. The van der Waals surface area contributed by atoms with Gasteiger partial charge in [0.2, 0.25) is 0 Å². The Kier molecular flexibility index (Phi) is 6.48. The molecule has 37 heavy (non-hydrogen) atoms. The molecule has 196 valence electrons. The van der Waals surface area contributed by atoms with Crippen LogP contribution in [0.25, 0.3) is 28.0 Å². The van der Waals surface area contributed by atoms with Crippen LogP contribution in [0.15, 0.2) is 43.2 Å². The summed E-state index contributed by atoms with van der Waals surface area (Å²) in [4.78, 5) is 16.0. The third-order valence-corrected chi connectivity index (χ3v) is 6.52. The average Bonchev–Trinajstić information content (AvgIpc) is 3.28. The number of esters is 1. The molecule has 0 aliphatic heterocycles. The SMILES string of the molecule is CCC(CC)n1cc(-c2nc(-c3cnn(CCNC4(OC(=O)C(F)(F)F)CC4)c3)cn3nccc23)cn1. The summed E-state index contributed by atoms with van der Waals surface area (Å²) in [6.45, 7) is 4.91. The molecule has 1 fully saturated rings. The Morgan fingerprint density at radius 1 is 1.11 bits per heavy atom. The van der Waals surface area contributed by atoms with Gasteiger partial charge in [-0.05, 0) is 18.9 Å². The van der Waals surface area contributed by atoms with E-state index in [0.717, 1.165) is 35.2 Å². The van der Waals surface area contributed by atoms with Crippen LogP contribution in [0.2, 0.25) is 0 Å². The Balaban J connectivity index is 1.31. The van der Waals surface area contributed by atoms with Crippen molar-refractivity contribution < 1.29 is 22.7 Å². The molecule has 13 heteroatoms. The van der Waals surface area contributed by atoms with Gasteiger partial charge in [0.15, 0.2) is 5.72 Å². The number of fused-ring (bicyclic) bond motifs is 1. The molecule has 0 radical (unpaired) electrons. The van der Waals surface area contributed by atoms with Crippen molar-refractivity contribution in [1.82, 2.24) is 39.5 Å². The summed E-state index contributed by atoms with van der Waals surface area (Å²) in [6, 6.07) is 2.21. The van der Waals surface area contributed by atoms with Crippen LogP contribution in [0, 0.1) is 0 Å².